The lowest BCUT2D eigenvalue weighted by atomic mass is 10.1. The van der Waals surface area contributed by atoms with E-state index in [1.54, 1.807) is 11.0 Å². The minimum atomic E-state index is -0.119. The van der Waals surface area contributed by atoms with Gasteiger partial charge in [0.2, 0.25) is 0 Å². The molecule has 2 heterocycles. The molecule has 0 bridgehead atoms. The molecule has 1 aromatic carbocycles. The molecule has 128 valence electrons. The molecule has 1 amide bonds. The predicted octanol–water partition coefficient (Wildman–Crippen LogP) is 1.94. The smallest absolute Gasteiger partial charge is 0.276 e. The number of ether oxygens (including phenoxy) is 3. The second-order valence-electron chi connectivity index (χ2n) is 5.40. The van der Waals surface area contributed by atoms with E-state index in [-0.39, 0.29) is 5.91 Å². The number of hydrogen-bond donors (Lipinski definition) is 1. The fourth-order valence-corrected chi connectivity index (χ4v) is 2.84. The van der Waals surface area contributed by atoms with Crippen molar-refractivity contribution in [3.8, 4) is 11.5 Å². The Kier molecular flexibility index (Phi) is 5.32. The minimum Gasteiger partial charge on any atom is -0.486 e. The maximum atomic E-state index is 12.5. The highest BCUT2D eigenvalue weighted by Crippen LogP contribution is 2.31. The van der Waals surface area contributed by atoms with Crippen LogP contribution in [-0.4, -0.2) is 48.9 Å². The topological polar surface area (TPSA) is 60.0 Å². The summed E-state index contributed by atoms with van der Waals surface area (Å²) in [7, 11) is 0. The molecule has 6 nitrogen and oxygen atoms in total. The summed E-state index contributed by atoms with van der Waals surface area (Å²) in [6.45, 7) is 4.86. The van der Waals surface area contributed by atoms with Crippen molar-refractivity contribution in [2.24, 2.45) is 0 Å². The molecule has 2 aliphatic rings. The number of nitrogens with zero attached hydrogens (tertiary/aromatic N) is 1. The van der Waals surface area contributed by atoms with Crippen molar-refractivity contribution in [2.45, 2.75) is 13.3 Å². The Morgan fingerprint density at radius 1 is 1.33 bits per heavy atom. The van der Waals surface area contributed by atoms with Gasteiger partial charge in [0, 0.05) is 19.8 Å². The van der Waals surface area contributed by atoms with E-state index in [0.29, 0.717) is 49.5 Å². The molecule has 0 radical (unpaired) electrons. The third-order valence-corrected chi connectivity index (χ3v) is 4.04. The molecule has 3 rings (SSSR count). The Morgan fingerprint density at radius 3 is 2.92 bits per heavy atom. The number of benzene rings is 1. The van der Waals surface area contributed by atoms with Crippen LogP contribution in [0.25, 0.3) is 6.08 Å². The van der Waals surface area contributed by atoms with E-state index in [9.17, 15) is 4.79 Å². The van der Waals surface area contributed by atoms with Crippen LogP contribution < -0.4 is 14.8 Å². The van der Waals surface area contributed by atoms with Crippen LogP contribution in [0.2, 0.25) is 0 Å². The van der Waals surface area contributed by atoms with Gasteiger partial charge in [0.05, 0.1) is 0 Å². The third kappa shape index (κ3) is 3.68. The Morgan fingerprint density at radius 2 is 2.12 bits per heavy atom. The van der Waals surface area contributed by atoms with E-state index in [4.69, 9.17) is 26.4 Å². The van der Waals surface area contributed by atoms with Gasteiger partial charge in [-0.05, 0) is 49.3 Å². The van der Waals surface area contributed by atoms with Crippen LogP contribution >= 0.6 is 12.2 Å². The number of hydrogen-bond acceptors (Lipinski definition) is 5. The van der Waals surface area contributed by atoms with E-state index in [0.717, 1.165) is 17.7 Å². The normalized spacial score (nSPS) is 18.2. The Hall–Kier alpha value is -2.12. The largest absolute Gasteiger partial charge is 0.486 e. The fraction of sp³-hybridized carbons (Fsp3) is 0.412. The average molecular weight is 348 g/mol. The van der Waals surface area contributed by atoms with E-state index >= 15 is 0 Å². The minimum absolute atomic E-state index is 0.119. The molecule has 1 saturated heterocycles. The summed E-state index contributed by atoms with van der Waals surface area (Å²) in [4.78, 5) is 14.1. The van der Waals surface area contributed by atoms with Gasteiger partial charge in [0.25, 0.3) is 5.91 Å². The molecule has 0 aromatic heterocycles. The molecule has 0 spiro atoms. The third-order valence-electron chi connectivity index (χ3n) is 3.71. The molecule has 7 heteroatoms. The van der Waals surface area contributed by atoms with Crippen molar-refractivity contribution in [2.75, 3.05) is 33.0 Å². The van der Waals surface area contributed by atoms with Crippen LogP contribution in [0.4, 0.5) is 0 Å². The second kappa shape index (κ2) is 7.63. The maximum Gasteiger partial charge on any atom is 0.276 e. The molecule has 0 saturated carbocycles. The summed E-state index contributed by atoms with van der Waals surface area (Å²) < 4.78 is 16.4. The van der Waals surface area contributed by atoms with Crippen LogP contribution in [0.1, 0.15) is 18.9 Å². The van der Waals surface area contributed by atoms with Gasteiger partial charge < -0.3 is 19.5 Å². The first-order chi connectivity index (χ1) is 11.7. The fourth-order valence-electron chi connectivity index (χ4n) is 2.56. The number of amides is 1. The SMILES string of the molecule is CCOCCCN1C(=O)/C(=C/c2ccc3c(c2)OCCO3)NC1=S. The van der Waals surface area contributed by atoms with Gasteiger partial charge >= 0.3 is 0 Å². The van der Waals surface area contributed by atoms with Crippen LogP contribution in [0.15, 0.2) is 23.9 Å². The van der Waals surface area contributed by atoms with E-state index in [1.165, 1.54) is 0 Å². The Labute approximate surface area is 146 Å². The standard InChI is InChI=1S/C17H20N2O4S/c1-2-21-7-3-6-19-16(20)13(18-17(19)24)10-12-4-5-14-15(11-12)23-9-8-22-14/h4-5,10-11H,2-3,6-9H2,1H3,(H,18,24)/b13-10-. The molecule has 1 fully saturated rings. The van der Waals surface area contributed by atoms with Crippen LogP contribution in [0.3, 0.4) is 0 Å². The second-order valence-corrected chi connectivity index (χ2v) is 5.79. The molecule has 2 aliphatic heterocycles. The molecule has 0 atom stereocenters. The highest BCUT2D eigenvalue weighted by atomic mass is 32.1. The number of nitrogens with one attached hydrogen (secondary N) is 1. The molecule has 1 aromatic rings. The van der Waals surface area contributed by atoms with Gasteiger partial charge in [-0.25, -0.2) is 0 Å². The van der Waals surface area contributed by atoms with Gasteiger partial charge in [-0.15, -0.1) is 0 Å². The zero-order valence-electron chi connectivity index (χ0n) is 13.5. The van der Waals surface area contributed by atoms with Crippen LogP contribution in [-0.2, 0) is 9.53 Å². The highest BCUT2D eigenvalue weighted by Gasteiger charge is 2.30. The van der Waals surface area contributed by atoms with Crippen molar-refractivity contribution in [1.82, 2.24) is 10.2 Å². The molecule has 0 unspecified atom stereocenters. The van der Waals surface area contributed by atoms with Crippen molar-refractivity contribution in [3.05, 3.63) is 29.5 Å². The molecule has 0 aliphatic carbocycles. The first-order valence-electron chi connectivity index (χ1n) is 8.01. The predicted molar refractivity (Wildman–Crippen MR) is 94.0 cm³/mol. The van der Waals surface area contributed by atoms with E-state index < -0.39 is 0 Å². The molecular formula is C17H20N2O4S. The summed E-state index contributed by atoms with van der Waals surface area (Å²) in [5.74, 6) is 1.30. The van der Waals surface area contributed by atoms with E-state index in [1.807, 2.05) is 25.1 Å². The van der Waals surface area contributed by atoms with Gasteiger partial charge in [-0.3, -0.25) is 9.69 Å². The first kappa shape index (κ1) is 16.7. The quantitative estimate of drug-likeness (QED) is 0.482. The summed E-state index contributed by atoms with van der Waals surface area (Å²) in [6.07, 6.45) is 2.52. The first-order valence-corrected chi connectivity index (χ1v) is 8.42. The van der Waals surface area contributed by atoms with Crippen LogP contribution in [0.5, 0.6) is 11.5 Å². The molecular weight excluding hydrogens is 328 g/mol. The zero-order valence-corrected chi connectivity index (χ0v) is 14.4. The zero-order chi connectivity index (χ0) is 16.9. The maximum absolute atomic E-state index is 12.5. The number of fused-ring (bicyclic) bond motifs is 1. The number of rotatable bonds is 6. The summed E-state index contributed by atoms with van der Waals surface area (Å²) in [5.41, 5.74) is 1.32. The Balaban J connectivity index is 1.69. The summed E-state index contributed by atoms with van der Waals surface area (Å²) >= 11 is 5.25. The summed E-state index contributed by atoms with van der Waals surface area (Å²) in [6, 6.07) is 5.59. The average Bonchev–Trinajstić information content (AvgIpc) is 2.85. The Bertz CT molecular complexity index is 675. The number of thiocarbonyl (C=S) groups is 1. The van der Waals surface area contributed by atoms with Crippen molar-refractivity contribution >= 4 is 29.3 Å². The van der Waals surface area contributed by atoms with Gasteiger partial charge in [0.1, 0.15) is 18.9 Å². The highest BCUT2D eigenvalue weighted by molar-refractivity contribution is 7.80. The lowest BCUT2D eigenvalue weighted by molar-refractivity contribution is -0.122. The number of carbonyl (C=O) groups excluding carboxylic acids is 1. The molecule has 24 heavy (non-hydrogen) atoms. The van der Waals surface area contributed by atoms with E-state index in [2.05, 4.69) is 5.32 Å². The molecule has 1 N–H and O–H groups in total. The monoisotopic (exact) mass is 348 g/mol. The van der Waals surface area contributed by atoms with Crippen molar-refractivity contribution in [3.63, 3.8) is 0 Å². The van der Waals surface area contributed by atoms with Gasteiger partial charge in [0.15, 0.2) is 16.6 Å². The number of carbonyl (C=O) groups is 1. The van der Waals surface area contributed by atoms with Crippen molar-refractivity contribution < 1.29 is 19.0 Å². The lowest BCUT2D eigenvalue weighted by Crippen LogP contribution is -2.32. The van der Waals surface area contributed by atoms with Gasteiger partial charge in [-0.1, -0.05) is 6.07 Å². The van der Waals surface area contributed by atoms with Gasteiger partial charge in [-0.2, -0.15) is 0 Å². The van der Waals surface area contributed by atoms with Crippen LogP contribution in [0, 0.1) is 0 Å². The van der Waals surface area contributed by atoms with Crippen molar-refractivity contribution in [1.29, 1.82) is 0 Å². The lowest BCUT2D eigenvalue weighted by Gasteiger charge is -2.18. The summed E-state index contributed by atoms with van der Waals surface area (Å²) in [5, 5.41) is 3.41.